The first-order valence-electron chi connectivity index (χ1n) is 7.72. The number of carbonyl (C=O) groups excluding carboxylic acids is 1. The van der Waals surface area contributed by atoms with E-state index in [2.05, 4.69) is 5.09 Å². The normalized spacial score (nSPS) is 14.7. The molecule has 0 saturated carbocycles. The van der Waals surface area contributed by atoms with Gasteiger partial charge in [0.05, 0.1) is 7.11 Å². The van der Waals surface area contributed by atoms with Crippen LogP contribution in [0.5, 0.6) is 5.75 Å². The molecule has 0 aliphatic rings. The van der Waals surface area contributed by atoms with Gasteiger partial charge in [0.15, 0.2) is 0 Å². The largest absolute Gasteiger partial charge is 0.468 e. The van der Waals surface area contributed by atoms with E-state index in [1.165, 1.54) is 7.11 Å². The summed E-state index contributed by atoms with van der Waals surface area (Å²) < 4.78 is 11.1. The van der Waals surface area contributed by atoms with Crippen LogP contribution in [0.3, 0.4) is 0 Å². The molecule has 2 aromatic carbocycles. The SMILES string of the molecule is COC(=O)[C@@H](NP(=S)(Oc1ccccc1)c1ccccc1)C(C)C. The van der Waals surface area contributed by atoms with Crippen molar-refractivity contribution >= 4 is 29.5 Å². The van der Waals surface area contributed by atoms with Crippen LogP contribution in [0.4, 0.5) is 0 Å². The monoisotopic (exact) mass is 363 g/mol. The molecule has 2 rings (SSSR count). The first-order chi connectivity index (χ1) is 11.5. The zero-order chi connectivity index (χ0) is 17.6. The topological polar surface area (TPSA) is 47.6 Å². The van der Waals surface area contributed by atoms with Crippen LogP contribution < -0.4 is 14.9 Å². The van der Waals surface area contributed by atoms with Crippen LogP contribution in [-0.4, -0.2) is 19.1 Å². The summed E-state index contributed by atoms with van der Waals surface area (Å²) in [6.07, 6.45) is -2.69. The maximum Gasteiger partial charge on any atom is 0.323 e. The lowest BCUT2D eigenvalue weighted by molar-refractivity contribution is -0.143. The average molecular weight is 363 g/mol. The lowest BCUT2D eigenvalue weighted by atomic mass is 10.1. The second-order valence-corrected chi connectivity index (χ2v) is 9.27. The first-order valence-corrected chi connectivity index (χ1v) is 10.4. The highest BCUT2D eigenvalue weighted by Crippen LogP contribution is 2.43. The van der Waals surface area contributed by atoms with Crippen molar-refractivity contribution < 1.29 is 14.1 Å². The smallest absolute Gasteiger partial charge is 0.323 e. The van der Waals surface area contributed by atoms with Crippen molar-refractivity contribution in [2.75, 3.05) is 7.11 Å². The van der Waals surface area contributed by atoms with E-state index in [1.807, 2.05) is 74.5 Å². The lowest BCUT2D eigenvalue weighted by Gasteiger charge is -2.30. The van der Waals surface area contributed by atoms with Crippen LogP contribution >= 0.6 is 6.42 Å². The van der Waals surface area contributed by atoms with Crippen LogP contribution in [0.2, 0.25) is 0 Å². The van der Waals surface area contributed by atoms with E-state index in [9.17, 15) is 4.79 Å². The second-order valence-electron chi connectivity index (χ2n) is 5.67. The zero-order valence-electron chi connectivity index (χ0n) is 14.0. The number of para-hydroxylation sites is 1. The summed E-state index contributed by atoms with van der Waals surface area (Å²) in [5.74, 6) is 0.347. The fourth-order valence-electron chi connectivity index (χ4n) is 2.19. The third kappa shape index (κ3) is 4.67. The molecule has 0 fully saturated rings. The average Bonchev–Trinajstić information content (AvgIpc) is 2.60. The molecular weight excluding hydrogens is 341 g/mol. The third-order valence-corrected chi connectivity index (χ3v) is 6.74. The summed E-state index contributed by atoms with van der Waals surface area (Å²) >= 11 is 5.88. The number of hydrogen-bond acceptors (Lipinski definition) is 4. The Morgan fingerprint density at radius 2 is 1.58 bits per heavy atom. The molecule has 1 N–H and O–H groups in total. The Kier molecular flexibility index (Phi) is 6.55. The Morgan fingerprint density at radius 3 is 2.08 bits per heavy atom. The maximum atomic E-state index is 12.1. The van der Waals surface area contributed by atoms with E-state index in [1.54, 1.807) is 0 Å². The van der Waals surface area contributed by atoms with Gasteiger partial charge in [0.25, 0.3) is 0 Å². The molecule has 6 heteroatoms. The summed E-state index contributed by atoms with van der Waals surface area (Å²) in [5, 5.41) is 4.13. The van der Waals surface area contributed by atoms with Crippen LogP contribution in [0.25, 0.3) is 0 Å². The Morgan fingerprint density at radius 1 is 1.04 bits per heavy atom. The minimum absolute atomic E-state index is 0.0165. The Balaban J connectivity index is 2.39. The number of ether oxygens (including phenoxy) is 1. The highest BCUT2D eigenvalue weighted by Gasteiger charge is 2.32. The molecule has 2 aromatic rings. The molecule has 128 valence electrons. The van der Waals surface area contributed by atoms with Gasteiger partial charge in [-0.1, -0.05) is 50.2 Å². The van der Waals surface area contributed by atoms with Gasteiger partial charge < -0.3 is 9.26 Å². The number of methoxy groups -OCH3 is 1. The molecule has 0 radical (unpaired) electrons. The minimum atomic E-state index is -2.69. The molecule has 1 unspecified atom stereocenters. The predicted molar refractivity (Wildman–Crippen MR) is 101 cm³/mol. The van der Waals surface area contributed by atoms with Crippen LogP contribution in [-0.2, 0) is 21.3 Å². The van der Waals surface area contributed by atoms with Crippen LogP contribution in [0.15, 0.2) is 60.7 Å². The quantitative estimate of drug-likeness (QED) is 0.603. The Bertz CT molecular complexity index is 707. The van der Waals surface area contributed by atoms with Crippen molar-refractivity contribution in [2.24, 2.45) is 5.92 Å². The summed E-state index contributed by atoms with van der Waals surface area (Å²) in [6.45, 7) is 3.89. The molecule has 0 aromatic heterocycles. The van der Waals surface area contributed by atoms with E-state index < -0.39 is 12.5 Å². The van der Waals surface area contributed by atoms with Crippen molar-refractivity contribution in [3.8, 4) is 5.75 Å². The number of rotatable bonds is 7. The predicted octanol–water partition coefficient (Wildman–Crippen LogP) is 3.49. The van der Waals surface area contributed by atoms with Crippen molar-refractivity contribution in [1.82, 2.24) is 5.09 Å². The minimum Gasteiger partial charge on any atom is -0.468 e. The number of esters is 1. The molecule has 0 heterocycles. The molecule has 0 saturated heterocycles. The molecule has 0 aliphatic carbocycles. The Labute approximate surface area is 148 Å². The maximum absolute atomic E-state index is 12.1. The van der Waals surface area contributed by atoms with Gasteiger partial charge >= 0.3 is 5.97 Å². The highest BCUT2D eigenvalue weighted by molar-refractivity contribution is 8.15. The highest BCUT2D eigenvalue weighted by atomic mass is 32.4. The van der Waals surface area contributed by atoms with Gasteiger partial charge in [0.2, 0.25) is 6.42 Å². The van der Waals surface area contributed by atoms with Gasteiger partial charge in [-0.05, 0) is 42.0 Å². The summed E-state index contributed by atoms with van der Waals surface area (Å²) in [4.78, 5) is 12.1. The van der Waals surface area contributed by atoms with Crippen LogP contribution in [0.1, 0.15) is 13.8 Å². The summed E-state index contributed by atoms with van der Waals surface area (Å²) in [6, 6.07) is 18.5. The number of hydrogen-bond donors (Lipinski definition) is 1. The molecule has 4 nitrogen and oxygen atoms in total. The summed E-state index contributed by atoms with van der Waals surface area (Å²) in [7, 11) is 1.38. The number of benzene rings is 2. The van der Waals surface area contributed by atoms with E-state index in [0.29, 0.717) is 5.75 Å². The van der Waals surface area contributed by atoms with Gasteiger partial charge in [0.1, 0.15) is 11.8 Å². The molecule has 24 heavy (non-hydrogen) atoms. The number of nitrogens with one attached hydrogen (secondary N) is 1. The van der Waals surface area contributed by atoms with Gasteiger partial charge in [-0.2, -0.15) is 0 Å². The summed E-state index contributed by atoms with van der Waals surface area (Å²) in [5.41, 5.74) is 0. The van der Waals surface area contributed by atoms with Crippen LogP contribution in [0, 0.1) is 5.92 Å². The van der Waals surface area contributed by atoms with Crippen molar-refractivity contribution in [3.63, 3.8) is 0 Å². The first kappa shape index (κ1) is 18.7. The van der Waals surface area contributed by atoms with Gasteiger partial charge in [-0.3, -0.25) is 4.79 Å². The zero-order valence-corrected chi connectivity index (χ0v) is 15.7. The van der Waals surface area contributed by atoms with E-state index in [-0.39, 0.29) is 11.9 Å². The fraction of sp³-hybridized carbons (Fsp3) is 0.278. The van der Waals surface area contributed by atoms with Crippen molar-refractivity contribution in [3.05, 3.63) is 60.7 Å². The Hall–Kier alpha value is -1.68. The molecule has 0 amide bonds. The third-order valence-electron chi connectivity index (χ3n) is 3.50. The fourth-order valence-corrected chi connectivity index (χ4v) is 5.22. The van der Waals surface area contributed by atoms with Crippen molar-refractivity contribution in [2.45, 2.75) is 19.9 Å². The van der Waals surface area contributed by atoms with Gasteiger partial charge in [-0.25, -0.2) is 5.09 Å². The van der Waals surface area contributed by atoms with E-state index in [4.69, 9.17) is 21.1 Å². The van der Waals surface area contributed by atoms with Gasteiger partial charge in [-0.15, -0.1) is 0 Å². The van der Waals surface area contributed by atoms with Gasteiger partial charge in [0, 0.05) is 5.30 Å². The molecule has 0 spiro atoms. The lowest BCUT2D eigenvalue weighted by Crippen LogP contribution is -2.42. The molecule has 0 aliphatic heterocycles. The standard InChI is InChI=1S/C18H22NO3PS/c1-14(2)17(18(20)21-3)19-23(24,16-12-8-5-9-13-16)22-15-10-6-4-7-11-15/h4-14,17H,1-3H3,(H,19,24)/t17-,23?/m0/s1. The second kappa shape index (κ2) is 8.43. The molecule has 2 atom stereocenters. The van der Waals surface area contributed by atoms with Crippen molar-refractivity contribution in [1.29, 1.82) is 0 Å². The molecular formula is C18H22NO3PS. The molecule has 0 bridgehead atoms. The van der Waals surface area contributed by atoms with E-state index in [0.717, 1.165) is 5.30 Å². The number of carbonyl (C=O) groups is 1. The van der Waals surface area contributed by atoms with E-state index >= 15 is 0 Å².